The maximum Gasteiger partial charge on any atom is 0.278 e. The van der Waals surface area contributed by atoms with Crippen LogP contribution in [0.25, 0.3) is 10.9 Å². The number of carbonyl (C=O) groups excluding carboxylic acids is 1. The highest BCUT2D eigenvalue weighted by molar-refractivity contribution is 5.81. The Kier molecular flexibility index (Phi) is 4.83. The van der Waals surface area contributed by atoms with Crippen molar-refractivity contribution in [3.05, 3.63) is 64.7 Å². The van der Waals surface area contributed by atoms with Gasteiger partial charge in [-0.1, -0.05) is 31.2 Å². The molecule has 7 heteroatoms. The number of pyridine rings is 1. The molecule has 1 atom stereocenters. The van der Waals surface area contributed by atoms with Gasteiger partial charge >= 0.3 is 0 Å². The van der Waals surface area contributed by atoms with Gasteiger partial charge in [0.05, 0.1) is 5.39 Å². The molecule has 25 heavy (non-hydrogen) atoms. The van der Waals surface area contributed by atoms with Crippen molar-refractivity contribution < 1.29 is 4.79 Å². The van der Waals surface area contributed by atoms with E-state index >= 15 is 0 Å². The Labute approximate surface area is 144 Å². The molecule has 0 aliphatic rings. The molecule has 0 saturated carbocycles. The minimum absolute atomic E-state index is 0.120. The lowest BCUT2D eigenvalue weighted by Crippen LogP contribution is -2.41. The van der Waals surface area contributed by atoms with Crippen LogP contribution in [0.1, 0.15) is 25.5 Å². The van der Waals surface area contributed by atoms with Crippen LogP contribution in [0.15, 0.2) is 53.6 Å². The Morgan fingerprint density at radius 3 is 2.60 bits per heavy atom. The molecular formula is C18H19N5O2. The van der Waals surface area contributed by atoms with Crippen molar-refractivity contribution in [3.8, 4) is 0 Å². The van der Waals surface area contributed by atoms with E-state index in [1.54, 1.807) is 36.7 Å². The molecule has 7 nitrogen and oxygen atoms in total. The summed E-state index contributed by atoms with van der Waals surface area (Å²) < 4.78 is 1.18. The number of carbonyl (C=O) groups is 1. The van der Waals surface area contributed by atoms with E-state index in [4.69, 9.17) is 0 Å². The maximum atomic E-state index is 12.7. The van der Waals surface area contributed by atoms with E-state index in [2.05, 4.69) is 20.6 Å². The van der Waals surface area contributed by atoms with Crippen molar-refractivity contribution in [2.45, 2.75) is 26.4 Å². The minimum Gasteiger partial charge on any atom is -0.350 e. The first-order valence-electron chi connectivity index (χ1n) is 8.09. The average Bonchev–Trinajstić information content (AvgIpc) is 2.63. The fraction of sp³-hybridized carbons (Fsp3) is 0.278. The standard InChI is InChI=1S/C18H19N5O2/c1-12(2)16(17(24)20-11-13-7-9-19-10-8-13)23-18(25)14-5-3-4-6-15(14)21-22-23/h3-10,12,16H,11H2,1-2H3,(H,20,24)/t16-/m0/s1. The van der Waals surface area contributed by atoms with Gasteiger partial charge in [0.25, 0.3) is 5.56 Å². The topological polar surface area (TPSA) is 89.8 Å². The highest BCUT2D eigenvalue weighted by Crippen LogP contribution is 2.16. The van der Waals surface area contributed by atoms with Gasteiger partial charge in [0.2, 0.25) is 5.91 Å². The fourth-order valence-corrected chi connectivity index (χ4v) is 2.67. The smallest absolute Gasteiger partial charge is 0.278 e. The summed E-state index contributed by atoms with van der Waals surface area (Å²) in [6, 6.07) is 9.90. The minimum atomic E-state index is -0.730. The Morgan fingerprint density at radius 1 is 1.16 bits per heavy atom. The normalized spacial score (nSPS) is 12.3. The Hall–Kier alpha value is -3.09. The van der Waals surface area contributed by atoms with Gasteiger partial charge in [-0.25, -0.2) is 0 Å². The van der Waals surface area contributed by atoms with Crippen LogP contribution in [0.4, 0.5) is 0 Å². The van der Waals surface area contributed by atoms with E-state index < -0.39 is 6.04 Å². The number of nitrogens with zero attached hydrogens (tertiary/aromatic N) is 4. The van der Waals surface area contributed by atoms with E-state index in [1.807, 2.05) is 26.0 Å². The van der Waals surface area contributed by atoms with Crippen LogP contribution in [0, 0.1) is 5.92 Å². The van der Waals surface area contributed by atoms with E-state index in [0.717, 1.165) is 5.56 Å². The van der Waals surface area contributed by atoms with Crippen molar-refractivity contribution in [1.29, 1.82) is 0 Å². The van der Waals surface area contributed by atoms with Crippen molar-refractivity contribution in [3.63, 3.8) is 0 Å². The van der Waals surface area contributed by atoms with E-state index in [1.165, 1.54) is 4.68 Å². The molecule has 0 radical (unpaired) electrons. The summed E-state index contributed by atoms with van der Waals surface area (Å²) in [5.74, 6) is -0.385. The lowest BCUT2D eigenvalue weighted by molar-refractivity contribution is -0.126. The first-order valence-corrected chi connectivity index (χ1v) is 8.09. The van der Waals surface area contributed by atoms with Crippen LogP contribution in [-0.4, -0.2) is 25.9 Å². The lowest BCUT2D eigenvalue weighted by atomic mass is 10.0. The number of rotatable bonds is 5. The number of aromatic nitrogens is 4. The van der Waals surface area contributed by atoms with Crippen LogP contribution >= 0.6 is 0 Å². The second-order valence-electron chi connectivity index (χ2n) is 6.12. The second kappa shape index (κ2) is 7.21. The molecule has 3 aromatic rings. The third-order valence-electron chi connectivity index (χ3n) is 3.97. The molecule has 0 aliphatic carbocycles. The fourth-order valence-electron chi connectivity index (χ4n) is 2.67. The van der Waals surface area contributed by atoms with Crippen LogP contribution < -0.4 is 10.9 Å². The van der Waals surface area contributed by atoms with Crippen molar-refractivity contribution in [1.82, 2.24) is 25.3 Å². The largest absolute Gasteiger partial charge is 0.350 e. The zero-order valence-corrected chi connectivity index (χ0v) is 14.1. The molecule has 1 amide bonds. The zero-order valence-electron chi connectivity index (χ0n) is 14.1. The van der Waals surface area contributed by atoms with Crippen molar-refractivity contribution >= 4 is 16.8 Å². The Morgan fingerprint density at radius 2 is 1.88 bits per heavy atom. The van der Waals surface area contributed by atoms with Gasteiger partial charge in [-0.15, -0.1) is 5.10 Å². The Balaban J connectivity index is 1.89. The first kappa shape index (κ1) is 16.8. The van der Waals surface area contributed by atoms with E-state index in [0.29, 0.717) is 17.4 Å². The van der Waals surface area contributed by atoms with Gasteiger partial charge < -0.3 is 5.32 Å². The van der Waals surface area contributed by atoms with E-state index in [9.17, 15) is 9.59 Å². The number of nitrogens with one attached hydrogen (secondary N) is 1. The average molecular weight is 337 g/mol. The highest BCUT2D eigenvalue weighted by Gasteiger charge is 2.27. The summed E-state index contributed by atoms with van der Waals surface area (Å²) in [6.07, 6.45) is 3.33. The summed E-state index contributed by atoms with van der Waals surface area (Å²) in [6.45, 7) is 4.11. The van der Waals surface area contributed by atoms with Crippen LogP contribution in [0.5, 0.6) is 0 Å². The summed E-state index contributed by atoms with van der Waals surface area (Å²) in [7, 11) is 0. The third-order valence-corrected chi connectivity index (χ3v) is 3.97. The van der Waals surface area contributed by atoms with Gasteiger partial charge in [-0.05, 0) is 35.7 Å². The number of benzene rings is 1. The molecule has 0 spiro atoms. The molecule has 0 aliphatic heterocycles. The van der Waals surface area contributed by atoms with Crippen LogP contribution in [-0.2, 0) is 11.3 Å². The third kappa shape index (κ3) is 3.55. The lowest BCUT2D eigenvalue weighted by Gasteiger charge is -2.21. The van der Waals surface area contributed by atoms with Gasteiger partial charge in [0.1, 0.15) is 11.6 Å². The predicted octanol–water partition coefficient (Wildman–Crippen LogP) is 1.70. The monoisotopic (exact) mass is 337 g/mol. The molecule has 1 N–H and O–H groups in total. The SMILES string of the molecule is CC(C)[C@@H](C(=O)NCc1ccncc1)n1nnc2ccccc2c1=O. The van der Waals surface area contributed by atoms with Crippen LogP contribution in [0.3, 0.4) is 0 Å². The molecule has 0 unspecified atom stereocenters. The highest BCUT2D eigenvalue weighted by atomic mass is 16.2. The number of fused-ring (bicyclic) bond motifs is 1. The van der Waals surface area contributed by atoms with Crippen molar-refractivity contribution in [2.75, 3.05) is 0 Å². The quantitative estimate of drug-likeness (QED) is 0.765. The summed E-state index contributed by atoms with van der Waals surface area (Å²) in [4.78, 5) is 29.4. The molecular weight excluding hydrogens is 318 g/mol. The Bertz CT molecular complexity index is 937. The summed E-state index contributed by atoms with van der Waals surface area (Å²) in [5.41, 5.74) is 1.13. The zero-order chi connectivity index (χ0) is 17.8. The number of hydrogen-bond donors (Lipinski definition) is 1. The van der Waals surface area contributed by atoms with Gasteiger partial charge in [0.15, 0.2) is 0 Å². The molecule has 1 aromatic carbocycles. The predicted molar refractivity (Wildman–Crippen MR) is 93.8 cm³/mol. The molecule has 3 rings (SSSR count). The van der Waals surface area contributed by atoms with Gasteiger partial charge in [-0.3, -0.25) is 14.6 Å². The summed E-state index contributed by atoms with van der Waals surface area (Å²) in [5, 5.41) is 11.4. The molecule has 0 fully saturated rings. The van der Waals surface area contributed by atoms with Crippen LogP contribution in [0.2, 0.25) is 0 Å². The number of hydrogen-bond acceptors (Lipinski definition) is 5. The first-order chi connectivity index (χ1) is 12.1. The number of amides is 1. The molecule has 2 heterocycles. The molecule has 2 aromatic heterocycles. The van der Waals surface area contributed by atoms with Crippen molar-refractivity contribution in [2.24, 2.45) is 5.92 Å². The molecule has 0 saturated heterocycles. The second-order valence-corrected chi connectivity index (χ2v) is 6.12. The summed E-state index contributed by atoms with van der Waals surface area (Å²) >= 11 is 0. The molecule has 128 valence electrons. The maximum absolute atomic E-state index is 12.7. The molecule has 0 bridgehead atoms. The van der Waals surface area contributed by atoms with E-state index in [-0.39, 0.29) is 17.4 Å². The van der Waals surface area contributed by atoms with Gasteiger partial charge in [0, 0.05) is 18.9 Å². The van der Waals surface area contributed by atoms with Gasteiger partial charge in [-0.2, -0.15) is 4.68 Å².